The van der Waals surface area contributed by atoms with Gasteiger partial charge in [-0.1, -0.05) is 42.5 Å². The maximum Gasteiger partial charge on any atom is 0.212 e. The molecular formula is C22H18N4O. The number of allylic oxidation sites excluding steroid dienone is 1. The molecular weight excluding hydrogens is 336 g/mol. The molecule has 3 aromatic heterocycles. The average Bonchev–Trinajstić information content (AvgIpc) is 3.18. The lowest BCUT2D eigenvalue weighted by atomic mass is 9.98. The quantitative estimate of drug-likeness (QED) is 0.530. The van der Waals surface area contributed by atoms with E-state index in [1.807, 2.05) is 78.3 Å². The van der Waals surface area contributed by atoms with Crippen LogP contribution < -0.4 is 5.32 Å². The number of nitrogens with one attached hydrogen (secondary N) is 1. The van der Waals surface area contributed by atoms with Crippen molar-refractivity contribution in [3.8, 4) is 22.4 Å². The Morgan fingerprint density at radius 1 is 1.07 bits per heavy atom. The van der Waals surface area contributed by atoms with Crippen molar-refractivity contribution in [3.05, 3.63) is 78.8 Å². The molecule has 0 aliphatic rings. The van der Waals surface area contributed by atoms with Gasteiger partial charge in [-0.15, -0.1) is 0 Å². The summed E-state index contributed by atoms with van der Waals surface area (Å²) in [6, 6.07) is 16.0. The molecule has 0 aliphatic carbocycles. The number of pyridine rings is 2. The highest BCUT2D eigenvalue weighted by atomic mass is 16.1. The van der Waals surface area contributed by atoms with Gasteiger partial charge in [-0.3, -0.25) is 4.79 Å². The topological polar surface area (TPSA) is 59.3 Å². The molecule has 1 amide bonds. The van der Waals surface area contributed by atoms with Crippen LogP contribution >= 0.6 is 0 Å². The Hall–Kier alpha value is -3.73. The zero-order valence-electron chi connectivity index (χ0n) is 14.8. The van der Waals surface area contributed by atoms with Crippen LogP contribution in [0.4, 0.5) is 5.82 Å². The minimum absolute atomic E-state index is 0.536. The first-order valence-corrected chi connectivity index (χ1v) is 8.66. The fraction of sp³-hybridized carbons (Fsp3) is 0.0455. The van der Waals surface area contributed by atoms with Gasteiger partial charge in [0.25, 0.3) is 0 Å². The average molecular weight is 354 g/mol. The molecule has 27 heavy (non-hydrogen) atoms. The number of rotatable bonds is 5. The molecule has 0 spiro atoms. The smallest absolute Gasteiger partial charge is 0.212 e. The summed E-state index contributed by atoms with van der Waals surface area (Å²) in [6.45, 7) is 1.94. The van der Waals surface area contributed by atoms with Gasteiger partial charge >= 0.3 is 0 Å². The van der Waals surface area contributed by atoms with Gasteiger partial charge in [-0.25, -0.2) is 9.97 Å². The molecule has 0 bridgehead atoms. The molecule has 0 atom stereocenters. The number of hydrogen-bond acceptors (Lipinski definition) is 3. The maximum atomic E-state index is 11.1. The highest BCUT2D eigenvalue weighted by Gasteiger charge is 2.14. The monoisotopic (exact) mass is 354 g/mol. The van der Waals surface area contributed by atoms with Crippen LogP contribution in [0, 0.1) is 0 Å². The summed E-state index contributed by atoms with van der Waals surface area (Å²) in [5, 5.41) is 2.72. The van der Waals surface area contributed by atoms with E-state index in [0.717, 1.165) is 33.6 Å². The molecule has 0 saturated heterocycles. The number of imidazole rings is 1. The van der Waals surface area contributed by atoms with Gasteiger partial charge in [0.15, 0.2) is 0 Å². The lowest BCUT2D eigenvalue weighted by molar-refractivity contribution is -0.105. The number of benzene rings is 1. The molecule has 1 aromatic carbocycles. The number of nitrogens with zero attached hydrogens (tertiary/aromatic N) is 3. The number of carbonyl (C=O) groups is 1. The van der Waals surface area contributed by atoms with Gasteiger partial charge < -0.3 is 9.72 Å². The van der Waals surface area contributed by atoms with E-state index in [-0.39, 0.29) is 0 Å². The van der Waals surface area contributed by atoms with Crippen LogP contribution in [-0.2, 0) is 4.79 Å². The number of carbonyl (C=O) groups excluding carboxylic acids is 1. The molecule has 132 valence electrons. The van der Waals surface area contributed by atoms with Gasteiger partial charge in [-0.05, 0) is 25.1 Å². The van der Waals surface area contributed by atoms with Crippen LogP contribution in [0.2, 0.25) is 0 Å². The summed E-state index contributed by atoms with van der Waals surface area (Å²) in [4.78, 5) is 20.1. The van der Waals surface area contributed by atoms with E-state index in [9.17, 15) is 4.79 Å². The molecule has 0 fully saturated rings. The van der Waals surface area contributed by atoms with E-state index >= 15 is 0 Å². The van der Waals surface area contributed by atoms with Gasteiger partial charge in [-0.2, -0.15) is 0 Å². The molecule has 0 saturated carbocycles. The van der Waals surface area contributed by atoms with Gasteiger partial charge in [0.05, 0.1) is 5.69 Å². The predicted molar refractivity (Wildman–Crippen MR) is 108 cm³/mol. The van der Waals surface area contributed by atoms with Gasteiger partial charge in [0.2, 0.25) is 6.41 Å². The molecule has 0 unspecified atom stereocenters. The lowest BCUT2D eigenvalue weighted by Gasteiger charge is -2.14. The Kier molecular flexibility index (Phi) is 4.49. The fourth-order valence-corrected chi connectivity index (χ4v) is 3.12. The Morgan fingerprint density at radius 2 is 1.93 bits per heavy atom. The van der Waals surface area contributed by atoms with Crippen LogP contribution in [0.5, 0.6) is 0 Å². The maximum absolute atomic E-state index is 11.1. The summed E-state index contributed by atoms with van der Waals surface area (Å²) in [5.41, 5.74) is 5.55. The van der Waals surface area contributed by atoms with Crippen LogP contribution in [0.25, 0.3) is 34.1 Å². The Labute approximate surface area is 157 Å². The van der Waals surface area contributed by atoms with E-state index in [0.29, 0.717) is 12.2 Å². The van der Waals surface area contributed by atoms with E-state index in [1.165, 1.54) is 0 Å². The number of anilines is 1. The third kappa shape index (κ3) is 3.22. The van der Waals surface area contributed by atoms with Crippen molar-refractivity contribution in [2.45, 2.75) is 6.92 Å². The third-order valence-electron chi connectivity index (χ3n) is 4.34. The second-order valence-corrected chi connectivity index (χ2v) is 6.06. The summed E-state index contributed by atoms with van der Waals surface area (Å²) in [5.74, 6) is 0.536. The van der Waals surface area contributed by atoms with Crippen molar-refractivity contribution in [1.82, 2.24) is 14.4 Å². The van der Waals surface area contributed by atoms with Crippen molar-refractivity contribution in [2.75, 3.05) is 5.32 Å². The minimum Gasteiger partial charge on any atom is -0.313 e. The standard InChI is InChI=1S/C22H18N4O/c1-2-6-17-13-19(18-9-10-20-23-11-12-26(20)14-18)21(25-22(17)24-15-27)16-7-4-3-5-8-16/h2-15H,1H3,(H,24,25,27)/b6-2-. The first kappa shape index (κ1) is 16.7. The molecule has 5 nitrogen and oxygen atoms in total. The van der Waals surface area contributed by atoms with Gasteiger partial charge in [0, 0.05) is 40.8 Å². The summed E-state index contributed by atoms with van der Waals surface area (Å²) in [6.07, 6.45) is 10.3. The van der Waals surface area contributed by atoms with Crippen LogP contribution in [0.15, 0.2) is 73.2 Å². The summed E-state index contributed by atoms with van der Waals surface area (Å²) < 4.78 is 1.98. The van der Waals surface area contributed by atoms with Crippen molar-refractivity contribution in [2.24, 2.45) is 0 Å². The fourth-order valence-electron chi connectivity index (χ4n) is 3.12. The van der Waals surface area contributed by atoms with E-state index in [2.05, 4.69) is 16.4 Å². The van der Waals surface area contributed by atoms with Crippen molar-refractivity contribution >= 4 is 24.0 Å². The van der Waals surface area contributed by atoms with E-state index in [1.54, 1.807) is 6.20 Å². The Bertz CT molecular complexity index is 1130. The minimum atomic E-state index is 0.536. The number of amides is 1. The Morgan fingerprint density at radius 3 is 2.70 bits per heavy atom. The van der Waals surface area contributed by atoms with Crippen LogP contribution in [0.3, 0.4) is 0 Å². The molecule has 0 radical (unpaired) electrons. The van der Waals surface area contributed by atoms with Crippen molar-refractivity contribution < 1.29 is 4.79 Å². The third-order valence-corrected chi connectivity index (χ3v) is 4.34. The highest BCUT2D eigenvalue weighted by Crippen LogP contribution is 2.34. The second-order valence-electron chi connectivity index (χ2n) is 6.06. The summed E-state index contributed by atoms with van der Waals surface area (Å²) in [7, 11) is 0. The SMILES string of the molecule is C/C=C\c1cc(-c2ccc3nccn3c2)c(-c2ccccc2)nc1NC=O. The predicted octanol–water partition coefficient (Wildman–Crippen LogP) is 4.66. The molecule has 4 aromatic rings. The number of aromatic nitrogens is 3. The van der Waals surface area contributed by atoms with E-state index < -0.39 is 0 Å². The van der Waals surface area contributed by atoms with E-state index in [4.69, 9.17) is 4.98 Å². The highest BCUT2D eigenvalue weighted by molar-refractivity contribution is 5.87. The number of hydrogen-bond donors (Lipinski definition) is 1. The largest absolute Gasteiger partial charge is 0.313 e. The van der Waals surface area contributed by atoms with Crippen LogP contribution in [0.1, 0.15) is 12.5 Å². The van der Waals surface area contributed by atoms with Crippen molar-refractivity contribution in [3.63, 3.8) is 0 Å². The van der Waals surface area contributed by atoms with Crippen LogP contribution in [-0.4, -0.2) is 20.8 Å². The normalized spacial score (nSPS) is 11.1. The number of fused-ring (bicyclic) bond motifs is 1. The molecule has 1 N–H and O–H groups in total. The van der Waals surface area contributed by atoms with Gasteiger partial charge in [0.1, 0.15) is 11.5 Å². The second kappa shape index (κ2) is 7.25. The summed E-state index contributed by atoms with van der Waals surface area (Å²) >= 11 is 0. The molecule has 4 rings (SSSR count). The molecule has 5 heteroatoms. The first-order valence-electron chi connectivity index (χ1n) is 8.66. The molecule has 0 aliphatic heterocycles. The van der Waals surface area contributed by atoms with Crippen molar-refractivity contribution in [1.29, 1.82) is 0 Å². The first-order chi connectivity index (χ1) is 13.3. The lowest BCUT2D eigenvalue weighted by Crippen LogP contribution is -2.02. The molecule has 3 heterocycles. The zero-order valence-corrected chi connectivity index (χ0v) is 14.8. The zero-order chi connectivity index (χ0) is 18.6. The Balaban J connectivity index is 1.99.